The van der Waals surface area contributed by atoms with E-state index in [1.807, 2.05) is 24.3 Å². The number of hydrogen-bond acceptors (Lipinski definition) is 4. The minimum absolute atomic E-state index is 0.112. The average Bonchev–Trinajstić information content (AvgIpc) is 2.78. The van der Waals surface area contributed by atoms with Gasteiger partial charge in [0.1, 0.15) is 0 Å². The number of esters is 1. The van der Waals surface area contributed by atoms with Crippen molar-refractivity contribution in [1.82, 2.24) is 9.97 Å². The maximum atomic E-state index is 12.2. The SMILES string of the molecule is CCCCCCCCc1cnc(OC(=O)/C=C/C(CCCC)c2ccccc2)nc1. The normalized spacial score (nSPS) is 12.2. The number of ether oxygens (including phenoxy) is 1. The van der Waals surface area contributed by atoms with Gasteiger partial charge in [0, 0.05) is 24.4 Å². The summed E-state index contributed by atoms with van der Waals surface area (Å²) in [5, 5.41) is 0. The van der Waals surface area contributed by atoms with Gasteiger partial charge in [0.25, 0.3) is 0 Å². The Morgan fingerprint density at radius 1 is 0.933 bits per heavy atom. The molecule has 0 spiro atoms. The number of aromatic nitrogens is 2. The van der Waals surface area contributed by atoms with Crippen molar-refractivity contribution in [2.75, 3.05) is 0 Å². The highest BCUT2D eigenvalue weighted by atomic mass is 16.5. The highest BCUT2D eigenvalue weighted by Gasteiger charge is 2.09. The van der Waals surface area contributed by atoms with Gasteiger partial charge in [-0.15, -0.1) is 0 Å². The molecule has 1 unspecified atom stereocenters. The van der Waals surface area contributed by atoms with E-state index in [2.05, 4.69) is 35.9 Å². The van der Waals surface area contributed by atoms with Crippen molar-refractivity contribution in [3.05, 3.63) is 66.0 Å². The van der Waals surface area contributed by atoms with E-state index in [-0.39, 0.29) is 11.9 Å². The summed E-state index contributed by atoms with van der Waals surface area (Å²) >= 11 is 0. The molecule has 162 valence electrons. The van der Waals surface area contributed by atoms with Crippen molar-refractivity contribution in [3.8, 4) is 6.01 Å². The average molecular weight is 409 g/mol. The first kappa shape index (κ1) is 23.8. The summed E-state index contributed by atoms with van der Waals surface area (Å²) in [7, 11) is 0. The molecule has 4 heteroatoms. The molecule has 1 aromatic heterocycles. The second-order valence-corrected chi connectivity index (χ2v) is 7.83. The molecule has 2 aromatic rings. The van der Waals surface area contributed by atoms with Crippen LogP contribution >= 0.6 is 0 Å². The van der Waals surface area contributed by atoms with Gasteiger partial charge in [0.2, 0.25) is 0 Å². The summed E-state index contributed by atoms with van der Waals surface area (Å²) < 4.78 is 5.28. The molecule has 4 nitrogen and oxygen atoms in total. The van der Waals surface area contributed by atoms with Gasteiger partial charge in [-0.2, -0.15) is 0 Å². The number of unbranched alkanes of at least 4 members (excludes halogenated alkanes) is 6. The first-order valence-electron chi connectivity index (χ1n) is 11.5. The molecule has 0 N–H and O–H groups in total. The largest absolute Gasteiger partial charge is 0.388 e. The van der Waals surface area contributed by atoms with Gasteiger partial charge in [-0.25, -0.2) is 14.8 Å². The molecule has 0 saturated carbocycles. The highest BCUT2D eigenvalue weighted by Crippen LogP contribution is 2.23. The molecule has 0 saturated heterocycles. The predicted molar refractivity (Wildman–Crippen MR) is 123 cm³/mol. The molecule has 1 heterocycles. The van der Waals surface area contributed by atoms with E-state index in [1.165, 1.54) is 43.7 Å². The Balaban J connectivity index is 1.81. The molecule has 0 aliphatic rings. The number of allylic oxidation sites excluding steroid dienone is 1. The number of nitrogens with zero attached hydrogens (tertiary/aromatic N) is 2. The van der Waals surface area contributed by atoms with Crippen molar-refractivity contribution in [1.29, 1.82) is 0 Å². The number of rotatable bonds is 14. The summed E-state index contributed by atoms with van der Waals surface area (Å²) in [6.07, 6.45) is 18.8. The number of hydrogen-bond donors (Lipinski definition) is 0. The van der Waals surface area contributed by atoms with E-state index in [1.54, 1.807) is 12.4 Å². The molecule has 2 rings (SSSR count). The van der Waals surface area contributed by atoms with Gasteiger partial charge >= 0.3 is 12.0 Å². The Labute approximate surface area is 181 Å². The number of carbonyl (C=O) groups is 1. The van der Waals surface area contributed by atoms with Crippen molar-refractivity contribution >= 4 is 5.97 Å². The molecule has 30 heavy (non-hydrogen) atoms. The molecule has 0 amide bonds. The number of benzene rings is 1. The highest BCUT2D eigenvalue weighted by molar-refractivity contribution is 5.83. The zero-order chi connectivity index (χ0) is 21.4. The lowest BCUT2D eigenvalue weighted by Crippen LogP contribution is -2.08. The van der Waals surface area contributed by atoms with Crippen LogP contribution in [0.4, 0.5) is 0 Å². The van der Waals surface area contributed by atoms with Gasteiger partial charge in [0.15, 0.2) is 0 Å². The zero-order valence-corrected chi connectivity index (χ0v) is 18.6. The monoisotopic (exact) mass is 408 g/mol. The van der Waals surface area contributed by atoms with Gasteiger partial charge in [-0.05, 0) is 30.4 Å². The Morgan fingerprint density at radius 3 is 2.30 bits per heavy atom. The fourth-order valence-corrected chi connectivity index (χ4v) is 3.45. The lowest BCUT2D eigenvalue weighted by molar-refractivity contribution is -0.129. The molecule has 1 aromatic carbocycles. The van der Waals surface area contributed by atoms with Gasteiger partial charge < -0.3 is 4.74 Å². The van der Waals surface area contributed by atoms with Crippen LogP contribution in [0.2, 0.25) is 0 Å². The van der Waals surface area contributed by atoms with Crippen molar-refractivity contribution < 1.29 is 9.53 Å². The molecule has 0 aliphatic carbocycles. The predicted octanol–water partition coefficient (Wildman–Crippen LogP) is 6.82. The van der Waals surface area contributed by atoms with E-state index in [0.29, 0.717) is 0 Å². The number of carbonyl (C=O) groups excluding carboxylic acids is 1. The van der Waals surface area contributed by atoms with Gasteiger partial charge in [-0.1, -0.05) is 95.2 Å². The molecular formula is C26H36N2O2. The Bertz CT molecular complexity index is 741. The van der Waals surface area contributed by atoms with Gasteiger partial charge in [-0.3, -0.25) is 0 Å². The van der Waals surface area contributed by atoms with Crippen molar-refractivity contribution in [2.45, 2.75) is 84.0 Å². The third kappa shape index (κ3) is 9.34. The maximum absolute atomic E-state index is 12.2. The van der Waals surface area contributed by atoms with E-state index in [0.717, 1.165) is 37.7 Å². The summed E-state index contributed by atoms with van der Waals surface area (Å²) in [6.45, 7) is 4.41. The standard InChI is InChI=1S/C26H36N2O2/c1-3-5-7-8-9-11-14-22-20-27-26(28-21-22)30-25(29)19-18-24(15-6-4-2)23-16-12-10-13-17-23/h10,12-13,16-21,24H,3-9,11,14-15H2,1-2H3/b19-18+. The second-order valence-electron chi connectivity index (χ2n) is 7.83. The van der Waals surface area contributed by atoms with E-state index >= 15 is 0 Å². The topological polar surface area (TPSA) is 52.1 Å². The molecule has 0 aliphatic heterocycles. The van der Waals surface area contributed by atoms with Crippen LogP contribution in [0.15, 0.2) is 54.9 Å². The molecular weight excluding hydrogens is 372 g/mol. The summed E-state index contributed by atoms with van der Waals surface area (Å²) in [5.74, 6) is -0.226. The minimum atomic E-state index is -0.434. The van der Waals surface area contributed by atoms with Crippen LogP contribution < -0.4 is 4.74 Å². The van der Waals surface area contributed by atoms with Crippen LogP contribution in [0.25, 0.3) is 0 Å². The summed E-state index contributed by atoms with van der Waals surface area (Å²) in [5.41, 5.74) is 2.30. The molecule has 0 fully saturated rings. The van der Waals surface area contributed by atoms with Crippen LogP contribution in [-0.2, 0) is 11.2 Å². The first-order valence-corrected chi connectivity index (χ1v) is 11.5. The van der Waals surface area contributed by atoms with E-state index in [4.69, 9.17) is 4.74 Å². The van der Waals surface area contributed by atoms with Crippen LogP contribution in [0.3, 0.4) is 0 Å². The molecule has 0 radical (unpaired) electrons. The fraction of sp³-hybridized carbons (Fsp3) is 0.500. The van der Waals surface area contributed by atoms with Crippen molar-refractivity contribution in [3.63, 3.8) is 0 Å². The Kier molecular flexibility index (Phi) is 11.5. The zero-order valence-electron chi connectivity index (χ0n) is 18.6. The maximum Gasteiger partial charge on any atom is 0.338 e. The lowest BCUT2D eigenvalue weighted by Gasteiger charge is -2.12. The molecule has 0 bridgehead atoms. The fourth-order valence-electron chi connectivity index (χ4n) is 3.45. The number of aryl methyl sites for hydroxylation is 1. The minimum Gasteiger partial charge on any atom is -0.388 e. The molecule has 1 atom stereocenters. The smallest absolute Gasteiger partial charge is 0.338 e. The van der Waals surface area contributed by atoms with Crippen LogP contribution in [0.5, 0.6) is 6.01 Å². The van der Waals surface area contributed by atoms with Crippen LogP contribution in [0.1, 0.15) is 88.7 Å². The summed E-state index contributed by atoms with van der Waals surface area (Å²) in [6, 6.07) is 10.4. The Hall–Kier alpha value is -2.49. The second kappa shape index (κ2) is 14.5. The van der Waals surface area contributed by atoms with E-state index in [9.17, 15) is 4.79 Å². The third-order valence-corrected chi connectivity index (χ3v) is 5.25. The summed E-state index contributed by atoms with van der Waals surface area (Å²) in [4.78, 5) is 20.6. The van der Waals surface area contributed by atoms with Crippen molar-refractivity contribution in [2.24, 2.45) is 0 Å². The lowest BCUT2D eigenvalue weighted by atomic mass is 9.93. The first-order chi connectivity index (χ1) is 14.7. The van der Waals surface area contributed by atoms with Crippen LogP contribution in [-0.4, -0.2) is 15.9 Å². The van der Waals surface area contributed by atoms with E-state index < -0.39 is 5.97 Å². The van der Waals surface area contributed by atoms with Gasteiger partial charge in [0.05, 0.1) is 0 Å². The Morgan fingerprint density at radius 2 is 1.60 bits per heavy atom. The quantitative estimate of drug-likeness (QED) is 0.196. The van der Waals surface area contributed by atoms with Crippen LogP contribution in [0, 0.1) is 0 Å². The third-order valence-electron chi connectivity index (χ3n) is 5.25.